The number of benzene rings is 1. The predicted molar refractivity (Wildman–Crippen MR) is 114 cm³/mol. The molecule has 4 rings (SSSR count). The van der Waals surface area contributed by atoms with E-state index < -0.39 is 5.91 Å². The number of fused-ring (bicyclic) bond motifs is 1. The third-order valence-corrected chi connectivity index (χ3v) is 5.60. The molecule has 0 spiro atoms. The number of aromatic nitrogens is 3. The number of rotatable bonds is 5. The quantitative estimate of drug-likeness (QED) is 0.635. The molecule has 1 aromatic carbocycles. The van der Waals surface area contributed by atoms with Crippen molar-refractivity contribution in [3.05, 3.63) is 36.0 Å². The highest BCUT2D eigenvalue weighted by Crippen LogP contribution is 2.34. The Hall–Kier alpha value is -3.09. The smallest absolute Gasteiger partial charge is 0.254 e. The highest BCUT2D eigenvalue weighted by molar-refractivity contribution is 6.03. The Morgan fingerprint density at radius 2 is 1.97 bits per heavy atom. The minimum atomic E-state index is -0.566. The molecule has 1 aliphatic carbocycles. The van der Waals surface area contributed by atoms with Crippen LogP contribution in [0, 0.1) is 0 Å². The lowest BCUT2D eigenvalue weighted by atomic mass is 10.1. The largest absolute Gasteiger partial charge is 0.494 e. The van der Waals surface area contributed by atoms with Crippen molar-refractivity contribution < 1.29 is 9.53 Å². The molecule has 0 radical (unpaired) electrons. The Balaban J connectivity index is 1.78. The van der Waals surface area contributed by atoms with Crippen LogP contribution in [-0.4, -0.2) is 27.3 Å². The first-order valence-electron chi connectivity index (χ1n) is 10.3. The van der Waals surface area contributed by atoms with Gasteiger partial charge >= 0.3 is 0 Å². The van der Waals surface area contributed by atoms with E-state index in [0.29, 0.717) is 18.1 Å². The predicted octanol–water partition coefficient (Wildman–Crippen LogP) is 4.07. The zero-order chi connectivity index (χ0) is 20.4. The van der Waals surface area contributed by atoms with E-state index in [2.05, 4.69) is 4.98 Å². The summed E-state index contributed by atoms with van der Waals surface area (Å²) in [4.78, 5) is 16.8. The van der Waals surface area contributed by atoms with Crippen LogP contribution in [0.25, 0.3) is 22.2 Å². The Morgan fingerprint density at radius 1 is 1.21 bits per heavy atom. The number of carbonyl (C=O) groups is 1. The highest BCUT2D eigenvalue weighted by Gasteiger charge is 2.26. The summed E-state index contributed by atoms with van der Waals surface area (Å²) in [5.41, 5.74) is 14.4. The normalized spacial score (nSPS) is 15.3. The van der Waals surface area contributed by atoms with Gasteiger partial charge in [0.1, 0.15) is 22.8 Å². The van der Waals surface area contributed by atoms with E-state index in [4.69, 9.17) is 21.3 Å². The van der Waals surface area contributed by atoms with E-state index in [1.54, 1.807) is 6.20 Å². The van der Waals surface area contributed by atoms with Crippen LogP contribution in [-0.2, 0) is 0 Å². The van der Waals surface area contributed by atoms with Crippen molar-refractivity contribution in [3.63, 3.8) is 0 Å². The number of ether oxygens (including phenoxy) is 1. The van der Waals surface area contributed by atoms with Gasteiger partial charge in [0.25, 0.3) is 5.91 Å². The lowest BCUT2D eigenvalue weighted by molar-refractivity contribution is 0.100. The van der Waals surface area contributed by atoms with Crippen LogP contribution in [0.4, 0.5) is 5.82 Å². The Morgan fingerprint density at radius 3 is 2.66 bits per heavy atom. The number of anilines is 1. The molecule has 0 bridgehead atoms. The van der Waals surface area contributed by atoms with Crippen molar-refractivity contribution in [1.29, 1.82) is 0 Å². The van der Waals surface area contributed by atoms with Crippen LogP contribution in [0.5, 0.6) is 5.75 Å². The molecule has 1 saturated carbocycles. The van der Waals surface area contributed by atoms with Gasteiger partial charge in [0.2, 0.25) is 0 Å². The third-order valence-electron chi connectivity index (χ3n) is 5.60. The summed E-state index contributed by atoms with van der Waals surface area (Å²) in [6, 6.07) is 7.92. The molecule has 1 amide bonds. The van der Waals surface area contributed by atoms with Gasteiger partial charge in [-0.3, -0.25) is 9.78 Å². The van der Waals surface area contributed by atoms with Crippen LogP contribution < -0.4 is 16.2 Å². The average molecular weight is 393 g/mol. The molecule has 7 heteroatoms. The molecule has 7 nitrogen and oxygen atoms in total. The van der Waals surface area contributed by atoms with Crippen molar-refractivity contribution >= 4 is 22.6 Å². The molecule has 3 aromatic rings. The fourth-order valence-corrected chi connectivity index (χ4v) is 4.16. The monoisotopic (exact) mass is 393 g/mol. The molecule has 0 aliphatic heterocycles. The van der Waals surface area contributed by atoms with Gasteiger partial charge in [-0.05, 0) is 38.0 Å². The number of hydrogen-bond donors (Lipinski definition) is 2. The maximum atomic E-state index is 12.2. The van der Waals surface area contributed by atoms with Gasteiger partial charge in [-0.1, -0.05) is 25.7 Å². The summed E-state index contributed by atoms with van der Waals surface area (Å²) in [7, 11) is 0. The van der Waals surface area contributed by atoms with Crippen molar-refractivity contribution in [2.45, 2.75) is 51.5 Å². The van der Waals surface area contributed by atoms with Gasteiger partial charge in [-0.2, -0.15) is 5.10 Å². The second-order valence-electron chi connectivity index (χ2n) is 7.57. The molecule has 0 atom stereocenters. The minimum absolute atomic E-state index is 0.200. The molecule has 1 fully saturated rings. The number of nitrogens with two attached hydrogens (primary N) is 2. The Bertz CT molecular complexity index is 1040. The van der Waals surface area contributed by atoms with Gasteiger partial charge in [-0.25, -0.2) is 4.68 Å². The van der Waals surface area contributed by atoms with E-state index in [0.717, 1.165) is 47.9 Å². The number of hydrogen-bond acceptors (Lipinski definition) is 5. The van der Waals surface area contributed by atoms with Crippen LogP contribution in [0.3, 0.4) is 0 Å². The van der Waals surface area contributed by atoms with Crippen molar-refractivity contribution in [1.82, 2.24) is 14.8 Å². The van der Waals surface area contributed by atoms with E-state index in [1.165, 1.54) is 12.8 Å². The fourth-order valence-electron chi connectivity index (χ4n) is 4.16. The first-order chi connectivity index (χ1) is 14.1. The lowest BCUT2D eigenvalue weighted by Crippen LogP contribution is -2.16. The lowest BCUT2D eigenvalue weighted by Gasteiger charge is -2.16. The van der Waals surface area contributed by atoms with E-state index in [-0.39, 0.29) is 11.6 Å². The van der Waals surface area contributed by atoms with E-state index in [9.17, 15) is 4.79 Å². The van der Waals surface area contributed by atoms with Crippen LogP contribution in [0.1, 0.15) is 61.8 Å². The minimum Gasteiger partial charge on any atom is -0.494 e. The number of primary amides is 1. The second kappa shape index (κ2) is 8.11. The SMILES string of the molecule is CCOc1ccc2cc(-c3nn(C4CCCCCC4)c(N)c3C(N)=O)cnc2c1. The molecular formula is C22H27N5O2. The average Bonchev–Trinajstić information content (AvgIpc) is 2.88. The molecule has 29 heavy (non-hydrogen) atoms. The maximum absolute atomic E-state index is 12.2. The number of pyridine rings is 1. The van der Waals surface area contributed by atoms with Gasteiger partial charge < -0.3 is 16.2 Å². The van der Waals surface area contributed by atoms with Crippen molar-refractivity contribution in [3.8, 4) is 17.0 Å². The summed E-state index contributed by atoms with van der Waals surface area (Å²) in [6.45, 7) is 2.55. The zero-order valence-electron chi connectivity index (χ0n) is 16.7. The zero-order valence-corrected chi connectivity index (χ0v) is 16.7. The molecule has 4 N–H and O–H groups in total. The molecule has 152 valence electrons. The summed E-state index contributed by atoms with van der Waals surface area (Å²) in [5, 5.41) is 5.68. The number of nitrogens with zero attached hydrogens (tertiary/aromatic N) is 3. The molecular weight excluding hydrogens is 366 g/mol. The van der Waals surface area contributed by atoms with Crippen molar-refractivity contribution in [2.24, 2.45) is 5.73 Å². The third kappa shape index (κ3) is 3.77. The number of carbonyl (C=O) groups excluding carboxylic acids is 1. The summed E-state index contributed by atoms with van der Waals surface area (Å²) in [5.74, 6) is 0.565. The van der Waals surface area contributed by atoms with Gasteiger partial charge in [0.05, 0.1) is 18.2 Å². The van der Waals surface area contributed by atoms with Crippen LogP contribution in [0.15, 0.2) is 30.5 Å². The number of amides is 1. The Labute approximate surface area is 170 Å². The van der Waals surface area contributed by atoms with Crippen LogP contribution >= 0.6 is 0 Å². The summed E-state index contributed by atoms with van der Waals surface area (Å²) in [6.07, 6.45) is 8.48. The van der Waals surface area contributed by atoms with E-state index in [1.807, 2.05) is 35.9 Å². The molecule has 0 saturated heterocycles. The molecule has 0 unspecified atom stereocenters. The summed E-state index contributed by atoms with van der Waals surface area (Å²) < 4.78 is 7.35. The highest BCUT2D eigenvalue weighted by atomic mass is 16.5. The maximum Gasteiger partial charge on any atom is 0.254 e. The van der Waals surface area contributed by atoms with E-state index >= 15 is 0 Å². The van der Waals surface area contributed by atoms with Gasteiger partial charge in [0.15, 0.2) is 0 Å². The standard InChI is InChI=1S/C22H27N5O2/c1-2-29-17-10-9-14-11-15(13-25-18(14)12-17)20-19(22(24)28)21(23)27(26-20)16-7-5-3-4-6-8-16/h9-13,16H,2-8,23H2,1H3,(H2,24,28). The molecule has 2 aromatic heterocycles. The second-order valence-corrected chi connectivity index (χ2v) is 7.57. The number of nitrogen functional groups attached to an aromatic ring is 1. The Kier molecular flexibility index (Phi) is 5.38. The fraction of sp³-hybridized carbons (Fsp3) is 0.409. The molecule has 1 aliphatic rings. The van der Waals surface area contributed by atoms with Gasteiger partial charge in [-0.15, -0.1) is 0 Å². The first kappa shape index (κ1) is 19.2. The van der Waals surface area contributed by atoms with Gasteiger partial charge in [0, 0.05) is 23.2 Å². The summed E-state index contributed by atoms with van der Waals surface area (Å²) >= 11 is 0. The molecule has 2 heterocycles. The van der Waals surface area contributed by atoms with Crippen molar-refractivity contribution in [2.75, 3.05) is 12.3 Å². The van der Waals surface area contributed by atoms with Crippen LogP contribution in [0.2, 0.25) is 0 Å². The first-order valence-corrected chi connectivity index (χ1v) is 10.3. The topological polar surface area (TPSA) is 109 Å².